The molecule has 0 radical (unpaired) electrons. The standard InChI is InChI=1S/C15H21F2NO4/c1-13(16,17)15(4-5-15)12(21)18-8-10-2-3-14(22-10)6-9(7-14)11(19)20/h9-10H,2-8H2,1H3,(H,18,21)(H,19,20). The number of nitrogens with one attached hydrogen (secondary N) is 1. The summed E-state index contributed by atoms with van der Waals surface area (Å²) in [6.07, 6.45) is 2.73. The minimum atomic E-state index is -3.00. The fourth-order valence-electron chi connectivity index (χ4n) is 3.72. The lowest BCUT2D eigenvalue weighted by Crippen LogP contribution is -2.48. The SMILES string of the molecule is CC(F)(F)C1(C(=O)NCC2CCC3(CC(C(=O)O)C3)O2)CC1. The Labute approximate surface area is 127 Å². The van der Waals surface area contributed by atoms with Gasteiger partial charge in [0.1, 0.15) is 5.41 Å². The normalized spacial score (nSPS) is 36.0. The molecule has 0 bridgehead atoms. The number of carboxylic acids is 1. The Morgan fingerprint density at radius 1 is 1.32 bits per heavy atom. The fraction of sp³-hybridized carbons (Fsp3) is 0.867. The van der Waals surface area contributed by atoms with Gasteiger partial charge in [-0.2, -0.15) is 0 Å². The highest BCUT2D eigenvalue weighted by Gasteiger charge is 2.64. The number of carbonyl (C=O) groups is 2. The van der Waals surface area contributed by atoms with Gasteiger partial charge in [0.05, 0.1) is 17.6 Å². The van der Waals surface area contributed by atoms with Crippen LogP contribution >= 0.6 is 0 Å². The molecule has 5 nitrogen and oxygen atoms in total. The predicted octanol–water partition coefficient (Wildman–Crippen LogP) is 1.95. The zero-order valence-corrected chi connectivity index (χ0v) is 12.5. The van der Waals surface area contributed by atoms with Gasteiger partial charge < -0.3 is 15.2 Å². The van der Waals surface area contributed by atoms with Crippen LogP contribution in [-0.2, 0) is 14.3 Å². The lowest BCUT2D eigenvalue weighted by Gasteiger charge is -2.42. The van der Waals surface area contributed by atoms with Gasteiger partial charge in [-0.15, -0.1) is 0 Å². The number of carboxylic acid groups (broad SMARTS) is 1. The van der Waals surface area contributed by atoms with Crippen molar-refractivity contribution in [3.63, 3.8) is 0 Å². The van der Waals surface area contributed by atoms with Gasteiger partial charge >= 0.3 is 5.97 Å². The molecule has 124 valence electrons. The van der Waals surface area contributed by atoms with Crippen LogP contribution in [0.4, 0.5) is 8.78 Å². The molecule has 1 atom stereocenters. The first-order valence-electron chi connectivity index (χ1n) is 7.74. The summed E-state index contributed by atoms with van der Waals surface area (Å²) < 4.78 is 32.8. The Hall–Kier alpha value is -1.24. The Bertz CT molecular complexity index is 492. The molecule has 2 saturated carbocycles. The first-order valence-corrected chi connectivity index (χ1v) is 7.74. The molecule has 1 unspecified atom stereocenters. The van der Waals surface area contributed by atoms with Gasteiger partial charge in [-0.05, 0) is 38.5 Å². The van der Waals surface area contributed by atoms with Crippen LogP contribution in [0.3, 0.4) is 0 Å². The van der Waals surface area contributed by atoms with Gasteiger partial charge in [0.2, 0.25) is 5.91 Å². The molecule has 1 amide bonds. The number of halogens is 2. The number of aliphatic carboxylic acids is 1. The summed E-state index contributed by atoms with van der Waals surface area (Å²) in [7, 11) is 0. The molecular formula is C15H21F2NO4. The van der Waals surface area contributed by atoms with Crippen molar-refractivity contribution < 1.29 is 28.2 Å². The van der Waals surface area contributed by atoms with Crippen molar-refractivity contribution >= 4 is 11.9 Å². The second-order valence-electron chi connectivity index (χ2n) is 7.09. The molecule has 2 aliphatic carbocycles. The average Bonchev–Trinajstić information content (AvgIpc) is 3.08. The molecule has 1 aliphatic heterocycles. The summed E-state index contributed by atoms with van der Waals surface area (Å²) in [6.45, 7) is 1.01. The average molecular weight is 317 g/mol. The minimum Gasteiger partial charge on any atom is -0.481 e. The predicted molar refractivity (Wildman–Crippen MR) is 72.5 cm³/mol. The number of rotatable bonds is 5. The Morgan fingerprint density at radius 2 is 1.95 bits per heavy atom. The topological polar surface area (TPSA) is 75.6 Å². The summed E-state index contributed by atoms with van der Waals surface area (Å²) in [5.74, 6) is -4.74. The Kier molecular flexibility index (Phi) is 3.47. The van der Waals surface area contributed by atoms with Crippen molar-refractivity contribution in [1.82, 2.24) is 5.32 Å². The van der Waals surface area contributed by atoms with E-state index in [2.05, 4.69) is 5.32 Å². The van der Waals surface area contributed by atoms with Gasteiger partial charge in [0.15, 0.2) is 0 Å². The number of amides is 1. The van der Waals surface area contributed by atoms with Crippen LogP contribution in [-0.4, -0.2) is 41.2 Å². The van der Waals surface area contributed by atoms with Crippen molar-refractivity contribution in [2.24, 2.45) is 11.3 Å². The van der Waals surface area contributed by atoms with Crippen LogP contribution in [0.2, 0.25) is 0 Å². The molecule has 7 heteroatoms. The zero-order valence-electron chi connectivity index (χ0n) is 12.5. The molecular weight excluding hydrogens is 296 g/mol. The summed E-state index contributed by atoms with van der Waals surface area (Å²) in [4.78, 5) is 22.8. The highest BCUT2D eigenvalue weighted by atomic mass is 19.3. The maximum absolute atomic E-state index is 13.5. The maximum atomic E-state index is 13.5. The van der Waals surface area contributed by atoms with Crippen LogP contribution in [0.1, 0.15) is 45.4 Å². The first-order chi connectivity index (χ1) is 10.2. The van der Waals surface area contributed by atoms with Crippen molar-refractivity contribution in [2.45, 2.75) is 63.1 Å². The highest BCUT2D eigenvalue weighted by molar-refractivity contribution is 5.86. The van der Waals surface area contributed by atoms with E-state index in [4.69, 9.17) is 9.84 Å². The second kappa shape index (κ2) is 4.88. The summed E-state index contributed by atoms with van der Waals surface area (Å²) in [5.41, 5.74) is -1.90. The summed E-state index contributed by atoms with van der Waals surface area (Å²) in [6, 6.07) is 0. The van der Waals surface area contributed by atoms with Gasteiger partial charge in [-0.3, -0.25) is 9.59 Å². The van der Waals surface area contributed by atoms with Crippen LogP contribution in [0.15, 0.2) is 0 Å². The number of hydrogen-bond acceptors (Lipinski definition) is 3. The number of alkyl halides is 2. The molecule has 2 N–H and O–H groups in total. The fourth-order valence-corrected chi connectivity index (χ4v) is 3.72. The molecule has 3 rings (SSSR count). The lowest BCUT2D eigenvalue weighted by molar-refractivity contribution is -0.165. The number of carbonyl (C=O) groups excluding carboxylic acids is 1. The molecule has 1 spiro atoms. The Morgan fingerprint density at radius 3 is 2.45 bits per heavy atom. The van der Waals surface area contributed by atoms with Gasteiger partial charge in [0.25, 0.3) is 5.92 Å². The van der Waals surface area contributed by atoms with E-state index in [1.165, 1.54) is 0 Å². The zero-order chi connectivity index (χ0) is 16.2. The third-order valence-electron chi connectivity index (χ3n) is 5.44. The highest BCUT2D eigenvalue weighted by Crippen LogP contribution is 2.57. The lowest BCUT2D eigenvalue weighted by atomic mass is 9.69. The van der Waals surface area contributed by atoms with Crippen LogP contribution < -0.4 is 5.32 Å². The molecule has 0 aromatic heterocycles. The molecule has 0 aromatic rings. The largest absolute Gasteiger partial charge is 0.481 e. The van der Waals surface area contributed by atoms with Gasteiger partial charge in [-0.1, -0.05) is 0 Å². The van der Waals surface area contributed by atoms with E-state index < -0.39 is 23.2 Å². The quantitative estimate of drug-likeness (QED) is 0.812. The number of ether oxygens (including phenoxy) is 1. The minimum absolute atomic E-state index is 0.208. The third kappa shape index (κ3) is 2.49. The van der Waals surface area contributed by atoms with E-state index in [0.29, 0.717) is 12.8 Å². The van der Waals surface area contributed by atoms with Crippen LogP contribution in [0, 0.1) is 11.3 Å². The molecule has 3 fully saturated rings. The van der Waals surface area contributed by atoms with E-state index in [0.717, 1.165) is 19.8 Å². The van der Waals surface area contributed by atoms with E-state index in [1.54, 1.807) is 0 Å². The summed E-state index contributed by atoms with van der Waals surface area (Å²) >= 11 is 0. The van der Waals surface area contributed by atoms with E-state index in [9.17, 15) is 18.4 Å². The molecule has 1 saturated heterocycles. The molecule has 0 aromatic carbocycles. The van der Waals surface area contributed by atoms with E-state index >= 15 is 0 Å². The second-order valence-corrected chi connectivity index (χ2v) is 7.09. The van der Waals surface area contributed by atoms with E-state index in [-0.39, 0.29) is 37.0 Å². The Balaban J connectivity index is 1.46. The van der Waals surface area contributed by atoms with Crippen molar-refractivity contribution in [3.8, 4) is 0 Å². The monoisotopic (exact) mass is 317 g/mol. The van der Waals surface area contributed by atoms with Crippen LogP contribution in [0.25, 0.3) is 0 Å². The number of hydrogen-bond donors (Lipinski definition) is 2. The van der Waals surface area contributed by atoms with Crippen LogP contribution in [0.5, 0.6) is 0 Å². The smallest absolute Gasteiger partial charge is 0.306 e. The summed E-state index contributed by atoms with van der Waals surface area (Å²) in [5, 5.41) is 11.5. The maximum Gasteiger partial charge on any atom is 0.306 e. The first kappa shape index (κ1) is 15.6. The molecule has 22 heavy (non-hydrogen) atoms. The van der Waals surface area contributed by atoms with Crippen molar-refractivity contribution in [2.75, 3.05) is 6.54 Å². The van der Waals surface area contributed by atoms with E-state index in [1.807, 2.05) is 0 Å². The van der Waals surface area contributed by atoms with Gasteiger partial charge in [-0.25, -0.2) is 8.78 Å². The third-order valence-corrected chi connectivity index (χ3v) is 5.44. The van der Waals surface area contributed by atoms with Crippen molar-refractivity contribution in [3.05, 3.63) is 0 Å². The van der Waals surface area contributed by atoms with Crippen molar-refractivity contribution in [1.29, 1.82) is 0 Å². The molecule has 1 heterocycles. The molecule has 3 aliphatic rings. The van der Waals surface area contributed by atoms with Gasteiger partial charge in [0, 0.05) is 13.5 Å².